The number of rotatable bonds is 7. The second kappa shape index (κ2) is 7.10. The summed E-state index contributed by atoms with van der Waals surface area (Å²) < 4.78 is 7.65. The summed E-state index contributed by atoms with van der Waals surface area (Å²) in [6.45, 7) is 5.61. The van der Waals surface area contributed by atoms with Gasteiger partial charge in [-0.3, -0.25) is 4.68 Å². The predicted octanol–water partition coefficient (Wildman–Crippen LogP) is 2.76. The highest BCUT2D eigenvalue weighted by Gasteiger charge is 2.03. The van der Waals surface area contributed by atoms with E-state index in [9.17, 15) is 0 Å². The molecule has 1 aromatic heterocycles. The van der Waals surface area contributed by atoms with Crippen LogP contribution < -0.4 is 10.5 Å². The molecule has 0 radical (unpaired) electrons. The fourth-order valence-electron chi connectivity index (χ4n) is 1.99. The van der Waals surface area contributed by atoms with Gasteiger partial charge in [0.15, 0.2) is 0 Å². The van der Waals surface area contributed by atoms with Crippen LogP contribution in [0.5, 0.6) is 5.75 Å². The van der Waals surface area contributed by atoms with Gasteiger partial charge in [0.05, 0.1) is 6.20 Å². The molecule has 2 rings (SSSR count). The van der Waals surface area contributed by atoms with E-state index in [1.165, 1.54) is 5.56 Å². The summed E-state index contributed by atoms with van der Waals surface area (Å²) in [6.07, 6.45) is 5.77. The van der Waals surface area contributed by atoms with Crippen LogP contribution in [0, 0.1) is 0 Å². The quantitative estimate of drug-likeness (QED) is 0.844. The van der Waals surface area contributed by atoms with Crippen molar-refractivity contribution in [3.05, 3.63) is 47.8 Å². The SMILES string of the molecule is CCC(N)Cc1ccc(OCc2cnn(CC)c2)cc1. The van der Waals surface area contributed by atoms with Crippen LogP contribution in [0.4, 0.5) is 0 Å². The van der Waals surface area contributed by atoms with Gasteiger partial charge in [0.25, 0.3) is 0 Å². The minimum atomic E-state index is 0.238. The maximum atomic E-state index is 5.95. The van der Waals surface area contributed by atoms with Crippen molar-refractivity contribution in [1.29, 1.82) is 0 Å². The van der Waals surface area contributed by atoms with Gasteiger partial charge in [-0.25, -0.2) is 0 Å². The lowest BCUT2D eigenvalue weighted by Crippen LogP contribution is -2.21. The summed E-state index contributed by atoms with van der Waals surface area (Å²) in [7, 11) is 0. The topological polar surface area (TPSA) is 53.1 Å². The first-order chi connectivity index (χ1) is 9.71. The van der Waals surface area contributed by atoms with Gasteiger partial charge in [0, 0.05) is 24.3 Å². The molecule has 0 spiro atoms. The van der Waals surface area contributed by atoms with E-state index in [0.29, 0.717) is 6.61 Å². The monoisotopic (exact) mass is 273 g/mol. The molecule has 0 bridgehead atoms. The minimum Gasteiger partial charge on any atom is -0.489 e. The number of hydrogen-bond donors (Lipinski definition) is 1. The molecule has 20 heavy (non-hydrogen) atoms. The van der Waals surface area contributed by atoms with Gasteiger partial charge in [-0.2, -0.15) is 5.10 Å². The number of ether oxygens (including phenoxy) is 1. The molecule has 108 valence electrons. The normalized spacial score (nSPS) is 12.3. The average molecular weight is 273 g/mol. The summed E-state index contributed by atoms with van der Waals surface area (Å²) in [4.78, 5) is 0. The zero-order valence-corrected chi connectivity index (χ0v) is 12.2. The maximum Gasteiger partial charge on any atom is 0.119 e. The third kappa shape index (κ3) is 4.10. The number of aryl methyl sites for hydroxylation is 1. The van der Waals surface area contributed by atoms with Crippen molar-refractivity contribution in [2.24, 2.45) is 5.73 Å². The van der Waals surface area contributed by atoms with Crippen molar-refractivity contribution in [3.8, 4) is 5.75 Å². The molecule has 1 atom stereocenters. The number of nitrogens with two attached hydrogens (primary N) is 1. The van der Waals surface area contributed by atoms with Crippen LogP contribution >= 0.6 is 0 Å². The van der Waals surface area contributed by atoms with Crippen LogP contribution in [0.25, 0.3) is 0 Å². The van der Waals surface area contributed by atoms with Gasteiger partial charge in [0.2, 0.25) is 0 Å². The van der Waals surface area contributed by atoms with Crippen LogP contribution in [0.15, 0.2) is 36.7 Å². The summed E-state index contributed by atoms with van der Waals surface area (Å²) in [6, 6.07) is 8.41. The first-order valence-corrected chi connectivity index (χ1v) is 7.20. The number of benzene rings is 1. The van der Waals surface area contributed by atoms with Gasteiger partial charge in [0.1, 0.15) is 12.4 Å². The molecular formula is C16H23N3O. The summed E-state index contributed by atoms with van der Waals surface area (Å²) in [5.41, 5.74) is 8.29. The van der Waals surface area contributed by atoms with Gasteiger partial charge < -0.3 is 10.5 Å². The maximum absolute atomic E-state index is 5.95. The molecule has 0 amide bonds. The number of hydrogen-bond acceptors (Lipinski definition) is 3. The minimum absolute atomic E-state index is 0.238. The molecule has 0 saturated carbocycles. The highest BCUT2D eigenvalue weighted by atomic mass is 16.5. The van der Waals surface area contributed by atoms with Crippen molar-refractivity contribution in [2.75, 3.05) is 0 Å². The van der Waals surface area contributed by atoms with E-state index in [2.05, 4.69) is 31.1 Å². The van der Waals surface area contributed by atoms with Crippen LogP contribution in [0.3, 0.4) is 0 Å². The van der Waals surface area contributed by atoms with Gasteiger partial charge in [-0.1, -0.05) is 19.1 Å². The lowest BCUT2D eigenvalue weighted by atomic mass is 10.0. The Kier molecular flexibility index (Phi) is 5.18. The molecule has 0 aliphatic carbocycles. The highest BCUT2D eigenvalue weighted by Crippen LogP contribution is 2.15. The molecule has 0 aliphatic rings. The van der Waals surface area contributed by atoms with Crippen molar-refractivity contribution < 1.29 is 4.74 Å². The van der Waals surface area contributed by atoms with Crippen LogP contribution in [0.2, 0.25) is 0 Å². The summed E-state index contributed by atoms with van der Waals surface area (Å²) in [5.74, 6) is 0.878. The summed E-state index contributed by atoms with van der Waals surface area (Å²) in [5, 5.41) is 4.23. The fraction of sp³-hybridized carbons (Fsp3) is 0.438. The fourth-order valence-corrected chi connectivity index (χ4v) is 1.99. The van der Waals surface area contributed by atoms with E-state index in [1.54, 1.807) is 0 Å². The number of nitrogens with zero attached hydrogens (tertiary/aromatic N) is 2. The van der Waals surface area contributed by atoms with Crippen molar-refractivity contribution in [3.63, 3.8) is 0 Å². The molecule has 0 fully saturated rings. The molecule has 1 unspecified atom stereocenters. The highest BCUT2D eigenvalue weighted by molar-refractivity contribution is 5.28. The Balaban J connectivity index is 1.87. The molecule has 1 aromatic carbocycles. The Morgan fingerprint density at radius 2 is 1.95 bits per heavy atom. The lowest BCUT2D eigenvalue weighted by molar-refractivity contribution is 0.306. The van der Waals surface area contributed by atoms with Gasteiger partial charge in [-0.05, 0) is 37.5 Å². The molecule has 2 N–H and O–H groups in total. The summed E-state index contributed by atoms with van der Waals surface area (Å²) >= 11 is 0. The molecule has 0 aliphatic heterocycles. The van der Waals surface area contributed by atoms with Crippen LogP contribution in [0.1, 0.15) is 31.4 Å². The van der Waals surface area contributed by atoms with E-state index >= 15 is 0 Å². The van der Waals surface area contributed by atoms with E-state index in [4.69, 9.17) is 10.5 Å². The van der Waals surface area contributed by atoms with Crippen molar-refractivity contribution in [1.82, 2.24) is 9.78 Å². The Labute approximate surface area is 120 Å². The van der Waals surface area contributed by atoms with Crippen molar-refractivity contribution >= 4 is 0 Å². The standard InChI is InChI=1S/C16H23N3O/c1-3-15(17)9-13-5-7-16(8-6-13)20-12-14-10-18-19(4-2)11-14/h5-8,10-11,15H,3-4,9,12,17H2,1-2H3. The Morgan fingerprint density at radius 1 is 1.20 bits per heavy atom. The van der Waals surface area contributed by atoms with Gasteiger partial charge in [-0.15, -0.1) is 0 Å². The Morgan fingerprint density at radius 3 is 2.55 bits per heavy atom. The second-order valence-corrected chi connectivity index (χ2v) is 5.01. The van der Waals surface area contributed by atoms with E-state index in [-0.39, 0.29) is 6.04 Å². The first kappa shape index (κ1) is 14.6. The number of aromatic nitrogens is 2. The largest absolute Gasteiger partial charge is 0.489 e. The van der Waals surface area contributed by atoms with Crippen LogP contribution in [-0.2, 0) is 19.6 Å². The lowest BCUT2D eigenvalue weighted by Gasteiger charge is -2.09. The first-order valence-electron chi connectivity index (χ1n) is 7.20. The molecule has 4 nitrogen and oxygen atoms in total. The zero-order valence-electron chi connectivity index (χ0n) is 12.2. The van der Waals surface area contributed by atoms with Gasteiger partial charge >= 0.3 is 0 Å². The smallest absolute Gasteiger partial charge is 0.119 e. The van der Waals surface area contributed by atoms with E-state index in [1.807, 2.05) is 29.2 Å². The molecule has 2 aromatic rings. The van der Waals surface area contributed by atoms with Crippen LogP contribution in [-0.4, -0.2) is 15.8 Å². The third-order valence-electron chi connectivity index (χ3n) is 3.36. The predicted molar refractivity (Wildman–Crippen MR) is 80.6 cm³/mol. The zero-order chi connectivity index (χ0) is 14.4. The molecular weight excluding hydrogens is 250 g/mol. The molecule has 1 heterocycles. The van der Waals surface area contributed by atoms with E-state index < -0.39 is 0 Å². The molecule has 4 heteroatoms. The van der Waals surface area contributed by atoms with Crippen molar-refractivity contribution in [2.45, 2.75) is 45.9 Å². The Bertz CT molecular complexity index is 519. The average Bonchev–Trinajstić information content (AvgIpc) is 2.94. The van der Waals surface area contributed by atoms with E-state index in [0.717, 1.165) is 30.7 Å². The Hall–Kier alpha value is -1.81. The second-order valence-electron chi connectivity index (χ2n) is 5.01. The molecule has 0 saturated heterocycles. The third-order valence-corrected chi connectivity index (χ3v) is 3.36.